The Hall–Kier alpha value is -2.33. The van der Waals surface area contributed by atoms with E-state index in [-0.39, 0.29) is 11.9 Å². The van der Waals surface area contributed by atoms with Crippen molar-refractivity contribution in [3.05, 3.63) is 60.2 Å². The van der Waals surface area contributed by atoms with Gasteiger partial charge in [-0.3, -0.25) is 9.69 Å². The predicted molar refractivity (Wildman–Crippen MR) is 107 cm³/mol. The summed E-state index contributed by atoms with van der Waals surface area (Å²) < 4.78 is 0. The average molecular weight is 349 g/mol. The van der Waals surface area contributed by atoms with Gasteiger partial charge in [0.05, 0.1) is 0 Å². The zero-order valence-electron chi connectivity index (χ0n) is 15.5. The summed E-state index contributed by atoms with van der Waals surface area (Å²) in [6.45, 7) is 7.11. The van der Waals surface area contributed by atoms with E-state index in [0.717, 1.165) is 44.8 Å². The zero-order chi connectivity index (χ0) is 17.9. The van der Waals surface area contributed by atoms with Crippen LogP contribution in [0.3, 0.4) is 0 Å². The third-order valence-electron chi connectivity index (χ3n) is 5.61. The highest BCUT2D eigenvalue weighted by molar-refractivity contribution is 5.96. The Kier molecular flexibility index (Phi) is 4.93. The Morgan fingerprint density at radius 1 is 0.962 bits per heavy atom. The molecule has 4 heteroatoms. The summed E-state index contributed by atoms with van der Waals surface area (Å²) in [5.74, 6) is 0.257. The van der Waals surface area contributed by atoms with Gasteiger partial charge in [0, 0.05) is 56.6 Å². The number of para-hydroxylation sites is 2. The van der Waals surface area contributed by atoms with Crippen molar-refractivity contribution in [1.82, 2.24) is 4.90 Å². The summed E-state index contributed by atoms with van der Waals surface area (Å²) in [7, 11) is 0. The number of carbonyl (C=O) groups is 1. The average Bonchev–Trinajstić information content (AvgIpc) is 3.03. The first-order valence-electron chi connectivity index (χ1n) is 9.65. The molecule has 0 aliphatic carbocycles. The Bertz CT molecular complexity index is 753. The number of rotatable bonds is 4. The van der Waals surface area contributed by atoms with Crippen molar-refractivity contribution in [1.29, 1.82) is 0 Å². The Balaban J connectivity index is 1.29. The molecule has 2 aliphatic rings. The van der Waals surface area contributed by atoms with Crippen molar-refractivity contribution in [2.75, 3.05) is 42.5 Å². The predicted octanol–water partition coefficient (Wildman–Crippen LogP) is 3.18. The highest BCUT2D eigenvalue weighted by Crippen LogP contribution is 2.32. The molecule has 136 valence electrons. The van der Waals surface area contributed by atoms with E-state index in [9.17, 15) is 4.79 Å². The molecule has 0 saturated carbocycles. The molecule has 2 aromatic rings. The highest BCUT2D eigenvalue weighted by Gasteiger charge is 2.30. The highest BCUT2D eigenvalue weighted by atomic mass is 16.2. The fraction of sp³-hybridized carbons (Fsp3) is 0.409. The number of amides is 1. The molecule has 0 spiro atoms. The molecule has 1 fully saturated rings. The maximum Gasteiger partial charge on any atom is 0.228 e. The number of benzene rings is 2. The first-order valence-corrected chi connectivity index (χ1v) is 9.65. The van der Waals surface area contributed by atoms with Crippen LogP contribution in [0.1, 0.15) is 18.9 Å². The van der Waals surface area contributed by atoms with Gasteiger partial charge in [0.15, 0.2) is 0 Å². The van der Waals surface area contributed by atoms with E-state index in [4.69, 9.17) is 0 Å². The van der Waals surface area contributed by atoms with Crippen molar-refractivity contribution >= 4 is 17.3 Å². The summed E-state index contributed by atoms with van der Waals surface area (Å²) in [4.78, 5) is 19.7. The lowest BCUT2D eigenvalue weighted by atomic mass is 10.1. The topological polar surface area (TPSA) is 26.8 Å². The Labute approximate surface area is 156 Å². The van der Waals surface area contributed by atoms with E-state index in [0.29, 0.717) is 6.42 Å². The van der Waals surface area contributed by atoms with Crippen molar-refractivity contribution in [3.63, 3.8) is 0 Å². The van der Waals surface area contributed by atoms with Crippen molar-refractivity contribution < 1.29 is 4.79 Å². The minimum atomic E-state index is 0.257. The number of hydrogen-bond donors (Lipinski definition) is 0. The van der Waals surface area contributed by atoms with Crippen LogP contribution in [0.4, 0.5) is 11.4 Å². The van der Waals surface area contributed by atoms with Crippen LogP contribution in [0, 0.1) is 0 Å². The quantitative estimate of drug-likeness (QED) is 0.848. The molecule has 0 radical (unpaired) electrons. The molecule has 4 rings (SSSR count). The van der Waals surface area contributed by atoms with Crippen LogP contribution in [0.5, 0.6) is 0 Å². The number of piperazine rings is 1. The van der Waals surface area contributed by atoms with Gasteiger partial charge in [-0.15, -0.1) is 0 Å². The Morgan fingerprint density at radius 2 is 1.65 bits per heavy atom. The lowest BCUT2D eigenvalue weighted by Gasteiger charge is -2.36. The molecule has 0 N–H and O–H groups in total. The van der Waals surface area contributed by atoms with E-state index in [2.05, 4.69) is 65.3 Å². The van der Waals surface area contributed by atoms with Crippen molar-refractivity contribution in [2.45, 2.75) is 25.8 Å². The third-order valence-corrected chi connectivity index (χ3v) is 5.61. The summed E-state index contributed by atoms with van der Waals surface area (Å²) in [6.07, 6.45) is 1.57. The second-order valence-corrected chi connectivity index (χ2v) is 7.36. The molecule has 1 atom stereocenters. The molecule has 1 unspecified atom stereocenters. The van der Waals surface area contributed by atoms with Crippen LogP contribution in [0.15, 0.2) is 54.6 Å². The SMILES string of the molecule is CC1Cc2ccccc2N1C(=O)CCN1CCN(c2ccccc2)CC1. The summed E-state index contributed by atoms with van der Waals surface area (Å²) in [5, 5.41) is 0. The monoisotopic (exact) mass is 349 g/mol. The fourth-order valence-electron chi connectivity index (χ4n) is 4.19. The van der Waals surface area contributed by atoms with Gasteiger partial charge in [0.1, 0.15) is 0 Å². The normalized spacial score (nSPS) is 20.3. The molecule has 1 amide bonds. The first-order chi connectivity index (χ1) is 12.7. The van der Waals surface area contributed by atoms with E-state index < -0.39 is 0 Å². The van der Waals surface area contributed by atoms with Gasteiger partial charge in [-0.2, -0.15) is 0 Å². The molecule has 26 heavy (non-hydrogen) atoms. The Morgan fingerprint density at radius 3 is 2.42 bits per heavy atom. The van der Waals surface area contributed by atoms with Gasteiger partial charge >= 0.3 is 0 Å². The molecular formula is C22H27N3O. The molecule has 0 bridgehead atoms. The van der Waals surface area contributed by atoms with Gasteiger partial charge in [0.2, 0.25) is 5.91 Å². The maximum atomic E-state index is 12.8. The van der Waals surface area contributed by atoms with Crippen LogP contribution in [-0.2, 0) is 11.2 Å². The van der Waals surface area contributed by atoms with Crippen molar-refractivity contribution in [2.24, 2.45) is 0 Å². The number of hydrogen-bond acceptors (Lipinski definition) is 3. The molecule has 1 saturated heterocycles. The van der Waals surface area contributed by atoms with Crippen LogP contribution in [0.2, 0.25) is 0 Å². The smallest absolute Gasteiger partial charge is 0.228 e. The molecule has 4 nitrogen and oxygen atoms in total. The van der Waals surface area contributed by atoms with Crippen LogP contribution in [0.25, 0.3) is 0 Å². The summed E-state index contributed by atoms with van der Waals surface area (Å²) in [5.41, 5.74) is 3.70. The first kappa shape index (κ1) is 17.1. The molecule has 2 aromatic carbocycles. The standard InChI is InChI=1S/C22H27N3O/c1-18-17-19-7-5-6-10-21(19)25(18)22(26)11-12-23-13-15-24(16-14-23)20-8-3-2-4-9-20/h2-10,18H,11-17H2,1H3. The maximum absolute atomic E-state index is 12.8. The van der Waals surface area contributed by atoms with Crippen molar-refractivity contribution in [3.8, 4) is 0 Å². The third kappa shape index (κ3) is 3.47. The van der Waals surface area contributed by atoms with Gasteiger partial charge in [-0.25, -0.2) is 0 Å². The second kappa shape index (κ2) is 7.50. The molecule has 2 aliphatic heterocycles. The van der Waals surface area contributed by atoms with Crippen LogP contribution >= 0.6 is 0 Å². The number of carbonyl (C=O) groups excluding carboxylic acids is 1. The summed E-state index contributed by atoms with van der Waals surface area (Å²) in [6, 6.07) is 19.2. The fourth-order valence-corrected chi connectivity index (χ4v) is 4.19. The lowest BCUT2D eigenvalue weighted by molar-refractivity contribution is -0.119. The van der Waals surface area contributed by atoms with Gasteiger partial charge < -0.3 is 9.80 Å². The van der Waals surface area contributed by atoms with Gasteiger partial charge in [-0.05, 0) is 37.1 Å². The number of fused-ring (bicyclic) bond motifs is 1. The van der Waals surface area contributed by atoms with Crippen LogP contribution in [-0.4, -0.2) is 49.6 Å². The molecule has 0 aromatic heterocycles. The number of anilines is 2. The van der Waals surface area contributed by atoms with E-state index in [1.807, 2.05) is 11.0 Å². The van der Waals surface area contributed by atoms with Gasteiger partial charge in [0.25, 0.3) is 0 Å². The van der Waals surface area contributed by atoms with E-state index >= 15 is 0 Å². The molecular weight excluding hydrogens is 322 g/mol. The van der Waals surface area contributed by atoms with Crippen LogP contribution < -0.4 is 9.80 Å². The lowest BCUT2D eigenvalue weighted by Crippen LogP contribution is -2.47. The van der Waals surface area contributed by atoms with Gasteiger partial charge in [-0.1, -0.05) is 36.4 Å². The van der Waals surface area contributed by atoms with E-state index in [1.54, 1.807) is 0 Å². The summed E-state index contributed by atoms with van der Waals surface area (Å²) >= 11 is 0. The molecule has 2 heterocycles. The largest absolute Gasteiger partial charge is 0.369 e. The van der Waals surface area contributed by atoms with E-state index in [1.165, 1.54) is 11.3 Å². The zero-order valence-corrected chi connectivity index (χ0v) is 15.5. The minimum Gasteiger partial charge on any atom is -0.369 e. The second-order valence-electron chi connectivity index (χ2n) is 7.36. The minimum absolute atomic E-state index is 0.257. The number of nitrogens with zero attached hydrogens (tertiary/aromatic N) is 3.